The lowest BCUT2D eigenvalue weighted by molar-refractivity contribution is -0.139. The molecule has 4 rings (SSSR count). The number of hydrogen-bond donors (Lipinski definition) is 1. The third-order valence-corrected chi connectivity index (χ3v) is 9.24. The highest BCUT2D eigenvalue weighted by Crippen LogP contribution is 2.26. The van der Waals surface area contributed by atoms with Crippen molar-refractivity contribution in [2.24, 2.45) is 0 Å². The predicted octanol–water partition coefficient (Wildman–Crippen LogP) is 5.32. The molecule has 1 fully saturated rings. The van der Waals surface area contributed by atoms with E-state index in [1.807, 2.05) is 31.2 Å². The van der Waals surface area contributed by atoms with E-state index in [2.05, 4.69) is 5.32 Å². The molecule has 0 aliphatic heterocycles. The topological polar surface area (TPSA) is 86.8 Å². The van der Waals surface area contributed by atoms with Gasteiger partial charge in [0.25, 0.3) is 10.0 Å². The molecule has 0 radical (unpaired) electrons. The van der Waals surface area contributed by atoms with Crippen LogP contribution in [0.1, 0.15) is 43.7 Å². The number of anilines is 1. The first-order chi connectivity index (χ1) is 18.7. The normalized spacial score (nSPS) is 14.5. The number of nitrogens with zero attached hydrogens (tertiary/aromatic N) is 2. The Morgan fingerprint density at radius 2 is 1.56 bits per heavy atom. The van der Waals surface area contributed by atoms with Gasteiger partial charge in [0.05, 0.1) is 10.6 Å². The maximum absolute atomic E-state index is 14.0. The van der Waals surface area contributed by atoms with Crippen molar-refractivity contribution in [1.29, 1.82) is 0 Å². The number of carbonyl (C=O) groups is 2. The Bertz CT molecular complexity index is 1390. The summed E-state index contributed by atoms with van der Waals surface area (Å²) in [4.78, 5) is 28.8. The largest absolute Gasteiger partial charge is 0.352 e. The number of benzene rings is 3. The summed E-state index contributed by atoms with van der Waals surface area (Å²) in [6, 6.07) is 21.2. The van der Waals surface area contributed by atoms with Crippen LogP contribution in [0.3, 0.4) is 0 Å². The lowest BCUT2D eigenvalue weighted by Gasteiger charge is -2.32. The summed E-state index contributed by atoms with van der Waals surface area (Å²) in [6.45, 7) is 3.33. The summed E-state index contributed by atoms with van der Waals surface area (Å²) in [7, 11) is -4.10. The van der Waals surface area contributed by atoms with Gasteiger partial charge in [-0.2, -0.15) is 0 Å². The predicted molar refractivity (Wildman–Crippen MR) is 154 cm³/mol. The SMILES string of the molecule is Cc1ccccc1CN(C(=O)CN(c1ccc(Cl)cc1)S(=O)(=O)c1ccccc1)[C@@H](C)C(=O)NC1CCCC1. The van der Waals surface area contributed by atoms with Crippen molar-refractivity contribution < 1.29 is 18.0 Å². The number of aryl methyl sites for hydroxylation is 1. The summed E-state index contributed by atoms with van der Waals surface area (Å²) >= 11 is 6.07. The van der Waals surface area contributed by atoms with Crippen molar-refractivity contribution in [2.45, 2.75) is 63.1 Å². The van der Waals surface area contributed by atoms with Crippen molar-refractivity contribution in [2.75, 3.05) is 10.8 Å². The second kappa shape index (κ2) is 12.7. The van der Waals surface area contributed by atoms with Crippen molar-refractivity contribution >= 4 is 39.1 Å². The van der Waals surface area contributed by atoms with Gasteiger partial charge in [0, 0.05) is 17.6 Å². The van der Waals surface area contributed by atoms with Crippen molar-refractivity contribution in [1.82, 2.24) is 10.2 Å². The maximum atomic E-state index is 14.0. The zero-order chi connectivity index (χ0) is 28.0. The average molecular weight is 568 g/mol. The minimum atomic E-state index is -4.10. The zero-order valence-corrected chi connectivity index (χ0v) is 23.8. The van der Waals surface area contributed by atoms with Gasteiger partial charge >= 0.3 is 0 Å². The highest BCUT2D eigenvalue weighted by atomic mass is 35.5. The Hall–Kier alpha value is -3.36. The van der Waals surface area contributed by atoms with E-state index in [0.29, 0.717) is 10.7 Å². The molecule has 9 heteroatoms. The number of amides is 2. The third-order valence-electron chi connectivity index (χ3n) is 7.20. The van der Waals surface area contributed by atoms with Crippen LogP contribution >= 0.6 is 11.6 Å². The average Bonchev–Trinajstić information content (AvgIpc) is 3.45. The van der Waals surface area contributed by atoms with Gasteiger partial charge in [-0.25, -0.2) is 8.42 Å². The van der Waals surface area contributed by atoms with Gasteiger partial charge < -0.3 is 10.2 Å². The third kappa shape index (κ3) is 6.99. The van der Waals surface area contributed by atoms with Crippen molar-refractivity contribution in [3.63, 3.8) is 0 Å². The summed E-state index contributed by atoms with van der Waals surface area (Å²) < 4.78 is 28.6. The summed E-state index contributed by atoms with van der Waals surface area (Å²) in [5.74, 6) is -0.727. The van der Waals surface area contributed by atoms with E-state index in [4.69, 9.17) is 11.6 Å². The molecule has 0 spiro atoms. The molecule has 1 N–H and O–H groups in total. The zero-order valence-electron chi connectivity index (χ0n) is 22.2. The van der Waals surface area contributed by atoms with Crippen molar-refractivity contribution in [3.8, 4) is 0 Å². The number of nitrogens with one attached hydrogen (secondary N) is 1. The molecular weight excluding hydrogens is 534 g/mol. The number of carbonyl (C=O) groups excluding carboxylic acids is 2. The Balaban J connectivity index is 1.68. The van der Waals surface area contributed by atoms with E-state index in [-0.39, 0.29) is 23.4 Å². The first kappa shape index (κ1) is 28.6. The first-order valence-corrected chi connectivity index (χ1v) is 15.0. The Morgan fingerprint density at radius 3 is 2.21 bits per heavy atom. The molecule has 1 saturated carbocycles. The molecule has 0 saturated heterocycles. The van der Waals surface area contributed by atoms with Crippen molar-refractivity contribution in [3.05, 3.63) is 95.0 Å². The fourth-order valence-electron chi connectivity index (χ4n) is 4.80. The first-order valence-electron chi connectivity index (χ1n) is 13.1. The Kier molecular flexibility index (Phi) is 9.30. The number of sulfonamides is 1. The fraction of sp³-hybridized carbons (Fsp3) is 0.333. The monoisotopic (exact) mass is 567 g/mol. The molecular formula is C30H34ClN3O4S. The van der Waals surface area contributed by atoms with Crippen LogP contribution in [-0.4, -0.2) is 43.8 Å². The highest BCUT2D eigenvalue weighted by Gasteiger charge is 2.33. The van der Waals surface area contributed by atoms with Crippen LogP contribution < -0.4 is 9.62 Å². The molecule has 1 atom stereocenters. The lowest BCUT2D eigenvalue weighted by atomic mass is 10.1. The maximum Gasteiger partial charge on any atom is 0.264 e. The van der Waals surface area contributed by atoms with E-state index >= 15 is 0 Å². The molecule has 39 heavy (non-hydrogen) atoms. The van der Waals surface area contributed by atoms with E-state index in [1.54, 1.807) is 49.4 Å². The minimum Gasteiger partial charge on any atom is -0.352 e. The van der Waals surface area contributed by atoms with Crippen LogP contribution in [0.5, 0.6) is 0 Å². The van der Waals surface area contributed by atoms with Crippen LogP contribution in [0.2, 0.25) is 5.02 Å². The highest BCUT2D eigenvalue weighted by molar-refractivity contribution is 7.92. The molecule has 7 nitrogen and oxygen atoms in total. The van der Waals surface area contributed by atoms with Gasteiger partial charge in [0.2, 0.25) is 11.8 Å². The molecule has 0 bridgehead atoms. The molecule has 2 amide bonds. The number of hydrogen-bond acceptors (Lipinski definition) is 4. The van der Waals surface area contributed by atoms with E-state index < -0.39 is 28.5 Å². The Labute approximate surface area is 235 Å². The molecule has 1 aliphatic rings. The lowest BCUT2D eigenvalue weighted by Crippen LogP contribution is -2.52. The molecule has 3 aromatic rings. The second-order valence-electron chi connectivity index (χ2n) is 9.92. The van der Waals surface area contributed by atoms with Gasteiger partial charge in [-0.3, -0.25) is 13.9 Å². The van der Waals surface area contributed by atoms with Crippen LogP contribution in [0.25, 0.3) is 0 Å². The minimum absolute atomic E-state index is 0.0604. The summed E-state index contributed by atoms with van der Waals surface area (Å²) in [5, 5.41) is 3.53. The summed E-state index contributed by atoms with van der Waals surface area (Å²) in [6.07, 6.45) is 3.98. The molecule has 1 aliphatic carbocycles. The molecule has 0 heterocycles. The van der Waals surface area contributed by atoms with Gasteiger partial charge in [-0.1, -0.05) is 66.9 Å². The van der Waals surface area contributed by atoms with Gasteiger partial charge in [0.15, 0.2) is 0 Å². The smallest absolute Gasteiger partial charge is 0.264 e. The standard InChI is InChI=1S/C30H34ClN3O4S/c1-22-10-6-7-11-24(22)20-33(23(2)30(36)32-26-12-8-9-13-26)29(35)21-34(27-18-16-25(31)17-19-27)39(37,38)28-14-4-3-5-15-28/h3-7,10-11,14-19,23,26H,8-9,12-13,20-21H2,1-2H3,(H,32,36)/t23-/m0/s1. The van der Waals surface area contributed by atoms with Crippen LogP contribution in [0, 0.1) is 6.92 Å². The van der Waals surface area contributed by atoms with E-state index in [9.17, 15) is 18.0 Å². The van der Waals surface area contributed by atoms with E-state index in [1.165, 1.54) is 17.0 Å². The van der Waals surface area contributed by atoms with Gasteiger partial charge in [0.1, 0.15) is 12.6 Å². The van der Waals surface area contributed by atoms with E-state index in [0.717, 1.165) is 41.1 Å². The Morgan fingerprint density at radius 1 is 0.949 bits per heavy atom. The molecule has 3 aromatic carbocycles. The molecule has 0 unspecified atom stereocenters. The van der Waals surface area contributed by atoms with Gasteiger partial charge in [-0.15, -0.1) is 0 Å². The van der Waals surface area contributed by atoms with Gasteiger partial charge in [-0.05, 0) is 74.2 Å². The van der Waals surface area contributed by atoms with Crippen LogP contribution in [-0.2, 0) is 26.2 Å². The molecule has 206 valence electrons. The number of halogens is 1. The van der Waals surface area contributed by atoms with Crippen LogP contribution in [0.4, 0.5) is 5.69 Å². The number of rotatable bonds is 10. The second-order valence-corrected chi connectivity index (χ2v) is 12.2. The quantitative estimate of drug-likeness (QED) is 0.359. The van der Waals surface area contributed by atoms with Crippen LogP contribution in [0.15, 0.2) is 83.8 Å². The molecule has 0 aromatic heterocycles. The fourth-order valence-corrected chi connectivity index (χ4v) is 6.36. The summed E-state index contributed by atoms with van der Waals surface area (Å²) in [5.41, 5.74) is 2.16.